The second-order valence-electron chi connectivity index (χ2n) is 10.6. The minimum absolute atomic E-state index is 0.0899. The Balaban J connectivity index is 1.57. The number of rotatable bonds is 9. The maximum Gasteiger partial charge on any atom is 0.276 e. The van der Waals surface area contributed by atoms with E-state index in [1.165, 1.54) is 12.8 Å². The maximum absolute atomic E-state index is 13.1. The second kappa shape index (κ2) is 8.70. The van der Waals surface area contributed by atoms with Crippen LogP contribution in [0.5, 0.6) is 5.75 Å². The van der Waals surface area contributed by atoms with E-state index in [-0.39, 0.29) is 12.3 Å². The van der Waals surface area contributed by atoms with E-state index in [0.717, 1.165) is 39.2 Å². The molecule has 0 unspecified atom stereocenters. The molecule has 4 aromatic rings. The van der Waals surface area contributed by atoms with Gasteiger partial charge in [-0.05, 0) is 36.9 Å². The third-order valence-electron chi connectivity index (χ3n) is 6.52. The molecule has 0 spiro atoms. The van der Waals surface area contributed by atoms with Gasteiger partial charge in [0.25, 0.3) is 5.56 Å². The standard InChI is InChI=1S/C25H33N5O3Si/c1-28-14-21(19-12-27-30(23(19)25(28)31)16-32-10-11-34(3,4)5)18-8-9-22-20(13-26-29(22)2)24(18)33-15-17-6-7-17/h8-9,12-14,17H,6-7,10-11,15-16H2,1-5H3. The molecule has 0 saturated heterocycles. The highest BCUT2D eigenvalue weighted by molar-refractivity contribution is 6.76. The fourth-order valence-corrected chi connectivity index (χ4v) is 4.95. The topological polar surface area (TPSA) is 76.1 Å². The smallest absolute Gasteiger partial charge is 0.276 e. The Morgan fingerprint density at radius 3 is 2.56 bits per heavy atom. The number of fused-ring (bicyclic) bond motifs is 2. The van der Waals surface area contributed by atoms with Crippen LogP contribution in [0.1, 0.15) is 12.8 Å². The number of ether oxygens (including phenoxy) is 2. The van der Waals surface area contributed by atoms with E-state index in [9.17, 15) is 4.79 Å². The number of pyridine rings is 1. The Bertz CT molecular complexity index is 1410. The van der Waals surface area contributed by atoms with Gasteiger partial charge in [0.2, 0.25) is 0 Å². The van der Waals surface area contributed by atoms with Crippen LogP contribution in [0.2, 0.25) is 25.7 Å². The van der Waals surface area contributed by atoms with E-state index in [1.54, 1.807) is 22.5 Å². The minimum Gasteiger partial charge on any atom is -0.492 e. The van der Waals surface area contributed by atoms with Gasteiger partial charge in [0.15, 0.2) is 0 Å². The number of nitrogens with zero attached hydrogens (tertiary/aromatic N) is 5. The predicted octanol–water partition coefficient (Wildman–Crippen LogP) is 4.39. The Kier molecular flexibility index (Phi) is 5.85. The van der Waals surface area contributed by atoms with E-state index in [2.05, 4.69) is 42.0 Å². The lowest BCUT2D eigenvalue weighted by Crippen LogP contribution is -2.23. The van der Waals surface area contributed by atoms with Crippen molar-refractivity contribution in [1.82, 2.24) is 24.1 Å². The lowest BCUT2D eigenvalue weighted by molar-refractivity contribution is 0.0815. The van der Waals surface area contributed by atoms with Crippen LogP contribution in [-0.2, 0) is 25.6 Å². The second-order valence-corrected chi connectivity index (χ2v) is 16.2. The van der Waals surface area contributed by atoms with E-state index < -0.39 is 8.07 Å². The molecule has 9 heteroatoms. The van der Waals surface area contributed by atoms with Crippen molar-refractivity contribution in [2.45, 2.75) is 45.3 Å². The van der Waals surface area contributed by atoms with E-state index >= 15 is 0 Å². The molecule has 0 radical (unpaired) electrons. The quantitative estimate of drug-likeness (QED) is 0.263. The summed E-state index contributed by atoms with van der Waals surface area (Å²) in [5, 5.41) is 10.8. The predicted molar refractivity (Wildman–Crippen MR) is 137 cm³/mol. The average molecular weight is 480 g/mol. The minimum atomic E-state index is -1.19. The Morgan fingerprint density at radius 1 is 1.06 bits per heavy atom. The molecule has 0 bridgehead atoms. The molecule has 5 rings (SSSR count). The summed E-state index contributed by atoms with van der Waals surface area (Å²) in [5.74, 6) is 1.44. The van der Waals surface area contributed by atoms with Crippen LogP contribution < -0.4 is 10.3 Å². The van der Waals surface area contributed by atoms with Crippen LogP contribution in [0, 0.1) is 5.92 Å². The first-order valence-electron chi connectivity index (χ1n) is 11.9. The van der Waals surface area contributed by atoms with Gasteiger partial charge in [-0.15, -0.1) is 0 Å². The number of benzene rings is 1. The molecule has 1 aromatic carbocycles. The Hall–Kier alpha value is -2.91. The van der Waals surface area contributed by atoms with Crippen LogP contribution in [0.15, 0.2) is 35.5 Å². The summed E-state index contributed by atoms with van der Waals surface area (Å²) in [6.07, 6.45) is 7.94. The lowest BCUT2D eigenvalue weighted by Gasteiger charge is -2.16. The van der Waals surface area contributed by atoms with Crippen LogP contribution >= 0.6 is 0 Å². The van der Waals surface area contributed by atoms with Gasteiger partial charge in [0, 0.05) is 51.5 Å². The highest BCUT2D eigenvalue weighted by atomic mass is 28.3. The van der Waals surface area contributed by atoms with Crippen molar-refractivity contribution < 1.29 is 9.47 Å². The highest BCUT2D eigenvalue weighted by Gasteiger charge is 2.25. The summed E-state index contributed by atoms with van der Waals surface area (Å²) >= 11 is 0. The summed E-state index contributed by atoms with van der Waals surface area (Å²) in [4.78, 5) is 13.1. The molecule has 0 N–H and O–H groups in total. The molecule has 3 aromatic heterocycles. The SMILES string of the molecule is Cn1cc(-c2ccc3c(cnn3C)c2OCC2CC2)c2cnn(COCC[Si](C)(C)C)c2c1=O. The van der Waals surface area contributed by atoms with Gasteiger partial charge in [-0.25, -0.2) is 4.68 Å². The van der Waals surface area contributed by atoms with Gasteiger partial charge < -0.3 is 14.0 Å². The third-order valence-corrected chi connectivity index (χ3v) is 8.22. The van der Waals surface area contributed by atoms with Gasteiger partial charge in [0.05, 0.1) is 29.9 Å². The molecule has 34 heavy (non-hydrogen) atoms. The van der Waals surface area contributed by atoms with Gasteiger partial charge in [-0.3, -0.25) is 9.48 Å². The Labute approximate surface area is 200 Å². The largest absolute Gasteiger partial charge is 0.492 e. The van der Waals surface area contributed by atoms with Crippen LogP contribution in [0.4, 0.5) is 0 Å². The van der Waals surface area contributed by atoms with Gasteiger partial charge in [0.1, 0.15) is 18.0 Å². The summed E-state index contributed by atoms with van der Waals surface area (Å²) in [5.41, 5.74) is 3.34. The van der Waals surface area contributed by atoms with Crippen LogP contribution in [0.3, 0.4) is 0 Å². The molecular formula is C25H33N5O3Si. The van der Waals surface area contributed by atoms with Crippen LogP contribution in [0.25, 0.3) is 32.9 Å². The van der Waals surface area contributed by atoms with E-state index in [4.69, 9.17) is 9.47 Å². The molecule has 0 atom stereocenters. The van der Waals surface area contributed by atoms with E-state index in [1.807, 2.05) is 24.1 Å². The molecular weight excluding hydrogens is 446 g/mol. The van der Waals surface area contributed by atoms with Crippen molar-refractivity contribution in [1.29, 1.82) is 0 Å². The van der Waals surface area contributed by atoms with Crippen LogP contribution in [-0.4, -0.2) is 45.4 Å². The molecule has 0 aliphatic heterocycles. The van der Waals surface area contributed by atoms with Crippen molar-refractivity contribution in [3.63, 3.8) is 0 Å². The first-order valence-corrected chi connectivity index (χ1v) is 15.6. The monoisotopic (exact) mass is 479 g/mol. The maximum atomic E-state index is 13.1. The number of hydrogen-bond acceptors (Lipinski definition) is 5. The first kappa shape index (κ1) is 22.9. The third kappa shape index (κ3) is 4.42. The van der Waals surface area contributed by atoms with Crippen molar-refractivity contribution in [2.24, 2.45) is 20.0 Å². The first-order chi connectivity index (χ1) is 16.2. The fraction of sp³-hybridized carbons (Fsp3) is 0.480. The van der Waals surface area contributed by atoms with Crippen molar-refractivity contribution >= 4 is 29.9 Å². The molecule has 1 aliphatic carbocycles. The zero-order chi connectivity index (χ0) is 24.0. The normalized spacial score (nSPS) is 14.4. The number of hydrogen-bond donors (Lipinski definition) is 0. The van der Waals surface area contributed by atoms with Crippen molar-refractivity contribution in [3.8, 4) is 16.9 Å². The Morgan fingerprint density at radius 2 is 1.82 bits per heavy atom. The van der Waals surface area contributed by atoms with E-state index in [0.29, 0.717) is 24.6 Å². The molecule has 1 saturated carbocycles. The summed E-state index contributed by atoms with van der Waals surface area (Å²) in [7, 11) is 2.53. The molecule has 1 aliphatic rings. The van der Waals surface area contributed by atoms with Crippen molar-refractivity contribution in [2.75, 3.05) is 13.2 Å². The summed E-state index contributed by atoms with van der Waals surface area (Å²) < 4.78 is 17.5. The van der Waals surface area contributed by atoms with Gasteiger partial charge >= 0.3 is 0 Å². The zero-order valence-electron chi connectivity index (χ0n) is 20.7. The summed E-state index contributed by atoms with van der Waals surface area (Å²) in [6, 6.07) is 5.19. The summed E-state index contributed by atoms with van der Waals surface area (Å²) in [6.45, 7) is 8.60. The van der Waals surface area contributed by atoms with Gasteiger partial charge in [-0.2, -0.15) is 10.2 Å². The van der Waals surface area contributed by atoms with Gasteiger partial charge in [-0.1, -0.05) is 19.6 Å². The molecule has 1 fully saturated rings. The fourth-order valence-electron chi connectivity index (χ4n) is 4.19. The molecule has 8 nitrogen and oxygen atoms in total. The highest BCUT2D eigenvalue weighted by Crippen LogP contribution is 2.40. The zero-order valence-corrected chi connectivity index (χ0v) is 21.7. The number of aryl methyl sites for hydroxylation is 2. The average Bonchev–Trinajstić information content (AvgIpc) is 3.40. The molecule has 3 heterocycles. The van der Waals surface area contributed by atoms with Crippen molar-refractivity contribution in [3.05, 3.63) is 41.1 Å². The molecule has 180 valence electrons. The number of aromatic nitrogens is 5. The molecule has 0 amide bonds. The lowest BCUT2D eigenvalue weighted by atomic mass is 10.0.